The maximum atomic E-state index is 13.2. The van der Waals surface area contributed by atoms with Gasteiger partial charge in [-0.25, -0.2) is 4.39 Å². The molecule has 2 aliphatic carbocycles. The predicted molar refractivity (Wildman–Crippen MR) is 84.1 cm³/mol. The molecule has 3 rings (SSSR count). The van der Waals surface area contributed by atoms with Gasteiger partial charge in [-0.1, -0.05) is 28.4 Å². The summed E-state index contributed by atoms with van der Waals surface area (Å²) in [6.07, 6.45) is 5.73. The van der Waals surface area contributed by atoms with Crippen LogP contribution >= 0.6 is 15.9 Å². The lowest BCUT2D eigenvalue weighted by atomic mass is 9.83. The fourth-order valence-electron chi connectivity index (χ4n) is 4.37. The van der Waals surface area contributed by atoms with Crippen molar-refractivity contribution < 1.29 is 4.39 Å². The number of rotatable bonds is 4. The minimum absolute atomic E-state index is 0.186. The van der Waals surface area contributed by atoms with Crippen molar-refractivity contribution >= 4 is 15.9 Å². The molecule has 110 valence electrons. The summed E-state index contributed by atoms with van der Waals surface area (Å²) in [4.78, 5) is 0. The lowest BCUT2D eigenvalue weighted by molar-refractivity contribution is 0.248. The fraction of sp³-hybridized carbons (Fsp3) is 0.647. The summed E-state index contributed by atoms with van der Waals surface area (Å²) in [6.45, 7) is 4.49. The third-order valence-corrected chi connectivity index (χ3v) is 6.06. The van der Waals surface area contributed by atoms with E-state index in [1.54, 1.807) is 12.1 Å². The molecule has 0 heterocycles. The van der Waals surface area contributed by atoms with Gasteiger partial charge in [-0.05, 0) is 68.6 Å². The summed E-state index contributed by atoms with van der Waals surface area (Å²) in [7, 11) is 0. The molecule has 5 atom stereocenters. The van der Waals surface area contributed by atoms with Crippen LogP contribution in [0.5, 0.6) is 0 Å². The summed E-state index contributed by atoms with van der Waals surface area (Å²) in [6, 6.07) is 5.76. The molecule has 1 nitrogen and oxygen atoms in total. The first-order chi connectivity index (χ1) is 9.54. The van der Waals surface area contributed by atoms with Gasteiger partial charge in [0.1, 0.15) is 5.82 Å². The van der Waals surface area contributed by atoms with E-state index in [0.29, 0.717) is 6.04 Å². The quantitative estimate of drug-likeness (QED) is 0.807. The highest BCUT2D eigenvalue weighted by Gasteiger charge is 2.41. The van der Waals surface area contributed by atoms with Gasteiger partial charge in [0, 0.05) is 16.6 Å². The second-order valence-electron chi connectivity index (χ2n) is 6.68. The topological polar surface area (TPSA) is 12.0 Å². The van der Waals surface area contributed by atoms with E-state index in [0.717, 1.165) is 27.8 Å². The fourth-order valence-corrected chi connectivity index (χ4v) is 5.06. The maximum Gasteiger partial charge on any atom is 0.124 e. The Bertz CT molecular complexity index is 490. The largest absolute Gasteiger partial charge is 0.307 e. The smallest absolute Gasteiger partial charge is 0.124 e. The summed E-state index contributed by atoms with van der Waals surface area (Å²) < 4.78 is 14.0. The Morgan fingerprint density at radius 3 is 2.65 bits per heavy atom. The van der Waals surface area contributed by atoms with Gasteiger partial charge in [0.05, 0.1) is 0 Å². The van der Waals surface area contributed by atoms with Crippen LogP contribution in [0.4, 0.5) is 4.39 Å². The van der Waals surface area contributed by atoms with Gasteiger partial charge < -0.3 is 5.32 Å². The van der Waals surface area contributed by atoms with Crippen molar-refractivity contribution in [3.63, 3.8) is 0 Å². The van der Waals surface area contributed by atoms with Crippen molar-refractivity contribution in [2.75, 3.05) is 0 Å². The SMILES string of the molecule is CC(NC(C)C1CC2CCC1C2)c1ccc(F)cc1Br. The second-order valence-corrected chi connectivity index (χ2v) is 7.54. The summed E-state index contributed by atoms with van der Waals surface area (Å²) in [5.41, 5.74) is 1.14. The lowest BCUT2D eigenvalue weighted by Gasteiger charge is -2.31. The zero-order chi connectivity index (χ0) is 14.3. The zero-order valence-electron chi connectivity index (χ0n) is 12.2. The highest BCUT2D eigenvalue weighted by Crippen LogP contribution is 2.49. The summed E-state index contributed by atoms with van der Waals surface area (Å²) in [5.74, 6) is 2.57. The number of hydrogen-bond donors (Lipinski definition) is 1. The van der Waals surface area contributed by atoms with E-state index in [1.165, 1.54) is 25.7 Å². The van der Waals surface area contributed by atoms with E-state index in [1.807, 2.05) is 6.07 Å². The molecule has 2 fully saturated rings. The number of halogens is 2. The van der Waals surface area contributed by atoms with Crippen LogP contribution in [0.25, 0.3) is 0 Å². The Labute approximate surface area is 129 Å². The molecular formula is C17H23BrFN. The van der Waals surface area contributed by atoms with Crippen LogP contribution in [0.2, 0.25) is 0 Å². The standard InChI is InChI=1S/C17H23BrFN/c1-10(15-6-5-14(19)9-17(15)18)20-11(2)16-8-12-3-4-13(16)7-12/h5-6,9-13,16,20H,3-4,7-8H2,1-2H3. The van der Waals surface area contributed by atoms with Crippen molar-refractivity contribution in [1.82, 2.24) is 5.32 Å². The maximum absolute atomic E-state index is 13.2. The molecule has 5 unspecified atom stereocenters. The Kier molecular flexibility index (Phi) is 4.19. The van der Waals surface area contributed by atoms with Crippen molar-refractivity contribution in [1.29, 1.82) is 0 Å². The van der Waals surface area contributed by atoms with Crippen molar-refractivity contribution in [2.45, 2.75) is 51.6 Å². The molecule has 1 aromatic carbocycles. The van der Waals surface area contributed by atoms with Crippen LogP contribution in [-0.2, 0) is 0 Å². The van der Waals surface area contributed by atoms with Crippen LogP contribution in [0, 0.1) is 23.6 Å². The molecule has 2 bridgehead atoms. The molecule has 2 saturated carbocycles. The van der Waals surface area contributed by atoms with Crippen LogP contribution < -0.4 is 5.32 Å². The van der Waals surface area contributed by atoms with E-state index in [-0.39, 0.29) is 11.9 Å². The number of hydrogen-bond acceptors (Lipinski definition) is 1. The van der Waals surface area contributed by atoms with Crippen LogP contribution in [0.15, 0.2) is 22.7 Å². The van der Waals surface area contributed by atoms with E-state index in [9.17, 15) is 4.39 Å². The van der Waals surface area contributed by atoms with Gasteiger partial charge in [0.25, 0.3) is 0 Å². The van der Waals surface area contributed by atoms with E-state index in [2.05, 4.69) is 35.1 Å². The minimum atomic E-state index is -0.186. The second kappa shape index (κ2) is 5.76. The first-order valence-corrected chi connectivity index (χ1v) is 8.55. The zero-order valence-corrected chi connectivity index (χ0v) is 13.8. The third-order valence-electron chi connectivity index (χ3n) is 5.38. The molecule has 0 spiro atoms. The first-order valence-electron chi connectivity index (χ1n) is 7.75. The molecule has 1 N–H and O–H groups in total. The Morgan fingerprint density at radius 2 is 2.05 bits per heavy atom. The van der Waals surface area contributed by atoms with E-state index < -0.39 is 0 Å². The number of fused-ring (bicyclic) bond motifs is 2. The molecule has 20 heavy (non-hydrogen) atoms. The van der Waals surface area contributed by atoms with E-state index >= 15 is 0 Å². The third kappa shape index (κ3) is 2.80. The highest BCUT2D eigenvalue weighted by atomic mass is 79.9. The molecule has 1 aromatic rings. The molecule has 2 aliphatic rings. The predicted octanol–water partition coefficient (Wildman–Crippen LogP) is 5.06. The molecular weight excluding hydrogens is 317 g/mol. The Hall–Kier alpha value is -0.410. The van der Waals surface area contributed by atoms with Gasteiger partial charge in [-0.15, -0.1) is 0 Å². The Morgan fingerprint density at radius 1 is 1.25 bits per heavy atom. The van der Waals surface area contributed by atoms with E-state index in [4.69, 9.17) is 0 Å². The van der Waals surface area contributed by atoms with Crippen LogP contribution in [0.3, 0.4) is 0 Å². The van der Waals surface area contributed by atoms with Gasteiger partial charge in [-0.3, -0.25) is 0 Å². The number of nitrogens with one attached hydrogen (secondary N) is 1. The molecule has 3 heteroatoms. The normalized spacial score (nSPS) is 31.5. The average molecular weight is 340 g/mol. The van der Waals surface area contributed by atoms with Gasteiger partial charge in [0.2, 0.25) is 0 Å². The minimum Gasteiger partial charge on any atom is -0.307 e. The molecule has 0 aliphatic heterocycles. The monoisotopic (exact) mass is 339 g/mol. The number of benzene rings is 1. The van der Waals surface area contributed by atoms with Crippen molar-refractivity contribution in [3.05, 3.63) is 34.1 Å². The average Bonchev–Trinajstić information content (AvgIpc) is 3.00. The van der Waals surface area contributed by atoms with Crippen LogP contribution in [-0.4, -0.2) is 6.04 Å². The van der Waals surface area contributed by atoms with Gasteiger partial charge >= 0.3 is 0 Å². The van der Waals surface area contributed by atoms with Gasteiger partial charge in [-0.2, -0.15) is 0 Å². The van der Waals surface area contributed by atoms with Gasteiger partial charge in [0.15, 0.2) is 0 Å². The first kappa shape index (κ1) is 14.5. The molecule has 0 radical (unpaired) electrons. The van der Waals surface area contributed by atoms with Crippen molar-refractivity contribution in [3.8, 4) is 0 Å². The molecule has 0 aromatic heterocycles. The highest BCUT2D eigenvalue weighted by molar-refractivity contribution is 9.10. The van der Waals surface area contributed by atoms with Crippen LogP contribution in [0.1, 0.15) is 51.1 Å². The summed E-state index contributed by atoms with van der Waals surface area (Å²) in [5, 5.41) is 3.73. The molecule has 0 saturated heterocycles. The van der Waals surface area contributed by atoms with Crippen molar-refractivity contribution in [2.24, 2.45) is 17.8 Å². The lowest BCUT2D eigenvalue weighted by Crippen LogP contribution is -2.37. The summed E-state index contributed by atoms with van der Waals surface area (Å²) >= 11 is 3.47. The Balaban J connectivity index is 1.65. The molecule has 0 amide bonds.